The highest BCUT2D eigenvalue weighted by molar-refractivity contribution is 5.92. The van der Waals surface area contributed by atoms with Crippen molar-refractivity contribution in [3.05, 3.63) is 54.0 Å². The smallest absolute Gasteiger partial charge is 0.276 e. The first-order valence-corrected chi connectivity index (χ1v) is 10.1. The van der Waals surface area contributed by atoms with Gasteiger partial charge in [-0.2, -0.15) is 0 Å². The molecule has 7 heteroatoms. The number of amides is 1. The van der Waals surface area contributed by atoms with Crippen molar-refractivity contribution in [2.45, 2.75) is 38.9 Å². The molecule has 3 aromatic rings. The first-order chi connectivity index (χ1) is 14.2. The van der Waals surface area contributed by atoms with Crippen LogP contribution < -0.4 is 4.74 Å². The van der Waals surface area contributed by atoms with E-state index in [2.05, 4.69) is 17.1 Å². The molecule has 1 fully saturated rings. The van der Waals surface area contributed by atoms with Crippen molar-refractivity contribution in [1.82, 2.24) is 15.0 Å². The molecule has 3 heterocycles. The van der Waals surface area contributed by atoms with Crippen LogP contribution in [-0.4, -0.2) is 46.7 Å². The van der Waals surface area contributed by atoms with E-state index in [0.29, 0.717) is 30.3 Å². The fraction of sp³-hybridized carbons (Fsp3) is 0.409. The molecule has 2 aromatic heterocycles. The maximum atomic E-state index is 12.8. The SMILES string of the molecule is CCCO[C@@H]1CCCN(C(=O)c2cc(COc3ccc4ncccc4c3)on2)C1. The van der Waals surface area contributed by atoms with Crippen LogP contribution in [0.3, 0.4) is 0 Å². The van der Waals surface area contributed by atoms with Crippen LogP contribution in [0.2, 0.25) is 0 Å². The molecule has 4 rings (SSSR count). The first kappa shape index (κ1) is 19.4. The largest absolute Gasteiger partial charge is 0.486 e. The molecular formula is C22H25N3O4. The number of carbonyl (C=O) groups is 1. The minimum atomic E-state index is -0.124. The second-order valence-corrected chi connectivity index (χ2v) is 7.21. The summed E-state index contributed by atoms with van der Waals surface area (Å²) in [6, 6.07) is 11.2. The third-order valence-electron chi connectivity index (χ3n) is 4.96. The van der Waals surface area contributed by atoms with E-state index in [1.54, 1.807) is 17.2 Å². The Labute approximate surface area is 169 Å². The lowest BCUT2D eigenvalue weighted by molar-refractivity contribution is 0.00180. The van der Waals surface area contributed by atoms with Gasteiger partial charge in [0, 0.05) is 37.3 Å². The van der Waals surface area contributed by atoms with Gasteiger partial charge in [-0.05, 0) is 43.5 Å². The number of fused-ring (bicyclic) bond motifs is 1. The molecule has 1 aliphatic heterocycles. The first-order valence-electron chi connectivity index (χ1n) is 10.1. The zero-order valence-corrected chi connectivity index (χ0v) is 16.5. The standard InChI is InChI=1S/C22H25N3O4/c1-2-11-27-18-6-4-10-25(14-18)22(26)21-13-19(29-24-21)15-28-17-7-8-20-16(12-17)5-3-9-23-20/h3,5,7-9,12-13,18H,2,4,6,10-11,14-15H2,1H3/t18-/m1/s1. The van der Waals surface area contributed by atoms with E-state index in [0.717, 1.165) is 36.8 Å². The molecular weight excluding hydrogens is 370 g/mol. The predicted octanol–water partition coefficient (Wildman–Crippen LogP) is 3.83. The number of pyridine rings is 1. The predicted molar refractivity (Wildman–Crippen MR) is 108 cm³/mol. The average molecular weight is 395 g/mol. The van der Waals surface area contributed by atoms with Crippen LogP contribution in [0.5, 0.6) is 5.75 Å². The number of hydrogen-bond donors (Lipinski definition) is 0. The zero-order chi connectivity index (χ0) is 20.1. The quantitative estimate of drug-likeness (QED) is 0.605. The molecule has 0 radical (unpaired) electrons. The zero-order valence-electron chi connectivity index (χ0n) is 16.5. The third kappa shape index (κ3) is 4.74. The van der Waals surface area contributed by atoms with Crippen LogP contribution in [0.1, 0.15) is 42.4 Å². The number of hydrogen-bond acceptors (Lipinski definition) is 6. The molecule has 1 saturated heterocycles. The normalized spacial score (nSPS) is 16.9. The minimum absolute atomic E-state index is 0.102. The van der Waals surface area contributed by atoms with Crippen LogP contribution in [0, 0.1) is 0 Å². The van der Waals surface area contributed by atoms with Crippen LogP contribution in [0.4, 0.5) is 0 Å². The second kappa shape index (κ2) is 9.05. The fourth-order valence-corrected chi connectivity index (χ4v) is 3.48. The van der Waals surface area contributed by atoms with Crippen LogP contribution in [0.25, 0.3) is 10.9 Å². The summed E-state index contributed by atoms with van der Waals surface area (Å²) >= 11 is 0. The van der Waals surface area contributed by atoms with Gasteiger partial charge in [0.15, 0.2) is 11.5 Å². The highest BCUT2D eigenvalue weighted by Crippen LogP contribution is 2.21. The third-order valence-corrected chi connectivity index (χ3v) is 4.96. The van der Waals surface area contributed by atoms with Crippen molar-refractivity contribution in [2.24, 2.45) is 0 Å². The second-order valence-electron chi connectivity index (χ2n) is 7.21. The Hall–Kier alpha value is -2.93. The summed E-state index contributed by atoms with van der Waals surface area (Å²) in [5.41, 5.74) is 1.22. The Kier molecular flexibility index (Phi) is 6.05. The molecule has 1 aromatic carbocycles. The summed E-state index contributed by atoms with van der Waals surface area (Å²) in [6.07, 6.45) is 4.76. The van der Waals surface area contributed by atoms with E-state index in [4.69, 9.17) is 14.0 Å². The Morgan fingerprint density at radius 3 is 3.14 bits per heavy atom. The Morgan fingerprint density at radius 2 is 2.24 bits per heavy atom. The number of carbonyl (C=O) groups excluding carboxylic acids is 1. The summed E-state index contributed by atoms with van der Waals surface area (Å²) in [7, 11) is 0. The minimum Gasteiger partial charge on any atom is -0.486 e. The van der Waals surface area contributed by atoms with Crippen LogP contribution in [0.15, 0.2) is 47.1 Å². The number of ether oxygens (including phenoxy) is 2. The molecule has 7 nitrogen and oxygen atoms in total. The number of rotatable bonds is 7. The van der Waals surface area contributed by atoms with Gasteiger partial charge >= 0.3 is 0 Å². The Bertz CT molecular complexity index is 971. The number of benzene rings is 1. The molecule has 0 bridgehead atoms. The fourth-order valence-electron chi connectivity index (χ4n) is 3.48. The molecule has 1 atom stereocenters. The number of aromatic nitrogens is 2. The number of nitrogens with zero attached hydrogens (tertiary/aromatic N) is 3. The van der Waals surface area contributed by atoms with E-state index in [1.807, 2.05) is 30.3 Å². The van der Waals surface area contributed by atoms with Gasteiger partial charge in [0.2, 0.25) is 0 Å². The maximum absolute atomic E-state index is 12.8. The lowest BCUT2D eigenvalue weighted by Crippen LogP contribution is -2.43. The lowest BCUT2D eigenvalue weighted by atomic mass is 10.1. The van der Waals surface area contributed by atoms with E-state index in [-0.39, 0.29) is 18.6 Å². The van der Waals surface area contributed by atoms with Crippen molar-refractivity contribution < 1.29 is 18.8 Å². The van der Waals surface area contributed by atoms with Gasteiger partial charge in [-0.1, -0.05) is 18.1 Å². The van der Waals surface area contributed by atoms with Crippen LogP contribution in [-0.2, 0) is 11.3 Å². The number of likely N-dealkylation sites (tertiary alicyclic amines) is 1. The average Bonchev–Trinajstić information content (AvgIpc) is 3.25. The van der Waals surface area contributed by atoms with Gasteiger partial charge in [0.1, 0.15) is 12.4 Å². The molecule has 0 unspecified atom stereocenters. The van der Waals surface area contributed by atoms with Gasteiger partial charge in [-0.15, -0.1) is 0 Å². The summed E-state index contributed by atoms with van der Waals surface area (Å²) in [5, 5.41) is 4.95. The molecule has 0 N–H and O–H groups in total. The molecule has 29 heavy (non-hydrogen) atoms. The van der Waals surface area contributed by atoms with E-state index in [9.17, 15) is 4.79 Å². The van der Waals surface area contributed by atoms with Crippen LogP contribution >= 0.6 is 0 Å². The van der Waals surface area contributed by atoms with E-state index >= 15 is 0 Å². The van der Waals surface area contributed by atoms with E-state index < -0.39 is 0 Å². The van der Waals surface area contributed by atoms with E-state index in [1.165, 1.54) is 0 Å². The number of piperidine rings is 1. The van der Waals surface area contributed by atoms with Crippen molar-refractivity contribution in [2.75, 3.05) is 19.7 Å². The van der Waals surface area contributed by atoms with Gasteiger partial charge in [-0.25, -0.2) is 0 Å². The monoisotopic (exact) mass is 395 g/mol. The Balaban J connectivity index is 1.35. The molecule has 0 saturated carbocycles. The summed E-state index contributed by atoms with van der Waals surface area (Å²) in [6.45, 7) is 4.33. The summed E-state index contributed by atoms with van der Waals surface area (Å²) in [4.78, 5) is 18.8. The Morgan fingerprint density at radius 1 is 1.31 bits per heavy atom. The maximum Gasteiger partial charge on any atom is 0.276 e. The molecule has 1 aliphatic rings. The van der Waals surface area contributed by atoms with Gasteiger partial charge in [-0.3, -0.25) is 9.78 Å². The topological polar surface area (TPSA) is 77.7 Å². The highest BCUT2D eigenvalue weighted by Gasteiger charge is 2.26. The molecule has 152 valence electrons. The molecule has 0 spiro atoms. The van der Waals surface area contributed by atoms with Crippen molar-refractivity contribution in [1.29, 1.82) is 0 Å². The van der Waals surface area contributed by atoms with Gasteiger partial charge < -0.3 is 18.9 Å². The molecule has 0 aliphatic carbocycles. The summed E-state index contributed by atoms with van der Waals surface area (Å²) in [5.74, 6) is 1.10. The van der Waals surface area contributed by atoms with Crippen molar-refractivity contribution in [3.8, 4) is 5.75 Å². The summed E-state index contributed by atoms with van der Waals surface area (Å²) < 4.78 is 16.9. The van der Waals surface area contributed by atoms with Gasteiger partial charge in [0.25, 0.3) is 5.91 Å². The van der Waals surface area contributed by atoms with Crippen molar-refractivity contribution in [3.63, 3.8) is 0 Å². The van der Waals surface area contributed by atoms with Gasteiger partial charge in [0.05, 0.1) is 11.6 Å². The highest BCUT2D eigenvalue weighted by atomic mass is 16.5. The lowest BCUT2D eigenvalue weighted by Gasteiger charge is -2.32. The molecule has 1 amide bonds. The van der Waals surface area contributed by atoms with Crippen molar-refractivity contribution >= 4 is 16.8 Å².